The lowest BCUT2D eigenvalue weighted by molar-refractivity contribution is -0.123. The molecular weight excluding hydrogens is 234 g/mol. The number of unbranched alkanes of at least 4 members (excludes halogenated alkanes) is 1. The number of hydrogen-bond acceptors (Lipinski definition) is 1. The summed E-state index contributed by atoms with van der Waals surface area (Å²) in [7, 11) is 0. The standard InChI is InChI=1S/C15H23NO.C2H6/c1-4-5-11-16-15(17)14(12(2)3)13-9-7-6-8-10-13;1-2/h6-10,12,14H,4-5,11H2,1-3H3,(H,16,17);1-2H3. The zero-order valence-corrected chi connectivity index (χ0v) is 13.1. The molecule has 0 heterocycles. The summed E-state index contributed by atoms with van der Waals surface area (Å²) < 4.78 is 0. The van der Waals surface area contributed by atoms with E-state index in [0.717, 1.165) is 24.9 Å². The second-order valence-corrected chi connectivity index (χ2v) is 4.78. The Morgan fingerprint density at radius 3 is 2.21 bits per heavy atom. The summed E-state index contributed by atoms with van der Waals surface area (Å²) in [4.78, 5) is 12.1. The number of nitrogens with one attached hydrogen (secondary N) is 1. The van der Waals surface area contributed by atoms with Crippen LogP contribution in [-0.4, -0.2) is 12.5 Å². The van der Waals surface area contributed by atoms with E-state index in [9.17, 15) is 4.79 Å². The average molecular weight is 263 g/mol. The van der Waals surface area contributed by atoms with Gasteiger partial charge >= 0.3 is 0 Å². The molecule has 0 aliphatic heterocycles. The Kier molecular flexibility index (Phi) is 9.87. The first kappa shape index (κ1) is 17.7. The fraction of sp³-hybridized carbons (Fsp3) is 0.588. The molecular formula is C17H29NO. The lowest BCUT2D eigenvalue weighted by Crippen LogP contribution is -2.32. The smallest absolute Gasteiger partial charge is 0.227 e. The largest absolute Gasteiger partial charge is 0.356 e. The van der Waals surface area contributed by atoms with Crippen LogP contribution < -0.4 is 5.32 Å². The topological polar surface area (TPSA) is 29.1 Å². The van der Waals surface area contributed by atoms with Crippen LogP contribution in [0.25, 0.3) is 0 Å². The van der Waals surface area contributed by atoms with Crippen LogP contribution >= 0.6 is 0 Å². The van der Waals surface area contributed by atoms with Crippen molar-refractivity contribution in [2.24, 2.45) is 5.92 Å². The molecule has 2 heteroatoms. The maximum absolute atomic E-state index is 12.1. The van der Waals surface area contributed by atoms with Crippen molar-refractivity contribution >= 4 is 5.91 Å². The fourth-order valence-corrected chi connectivity index (χ4v) is 2.00. The predicted octanol–water partition coefficient (Wildman–Crippen LogP) is 4.37. The second-order valence-electron chi connectivity index (χ2n) is 4.78. The molecule has 1 unspecified atom stereocenters. The van der Waals surface area contributed by atoms with Gasteiger partial charge in [-0.1, -0.05) is 71.4 Å². The SMILES string of the molecule is CC.CCCCNC(=O)C(c1ccccc1)C(C)C. The van der Waals surface area contributed by atoms with Crippen molar-refractivity contribution in [3.8, 4) is 0 Å². The molecule has 0 aliphatic carbocycles. The van der Waals surface area contributed by atoms with Crippen molar-refractivity contribution in [1.82, 2.24) is 5.32 Å². The van der Waals surface area contributed by atoms with E-state index in [1.165, 1.54) is 0 Å². The number of carbonyl (C=O) groups excluding carboxylic acids is 1. The van der Waals surface area contributed by atoms with Crippen LogP contribution in [0.3, 0.4) is 0 Å². The third kappa shape index (κ3) is 6.42. The molecule has 0 radical (unpaired) electrons. The highest BCUT2D eigenvalue weighted by Gasteiger charge is 2.23. The van der Waals surface area contributed by atoms with Gasteiger partial charge in [0.05, 0.1) is 5.92 Å². The third-order valence-electron chi connectivity index (χ3n) is 2.94. The minimum absolute atomic E-state index is 0.0342. The third-order valence-corrected chi connectivity index (χ3v) is 2.94. The van der Waals surface area contributed by atoms with Gasteiger partial charge in [-0.3, -0.25) is 4.79 Å². The zero-order chi connectivity index (χ0) is 14.7. The lowest BCUT2D eigenvalue weighted by atomic mass is 9.87. The van der Waals surface area contributed by atoms with Crippen LogP contribution in [0, 0.1) is 5.92 Å². The fourth-order valence-electron chi connectivity index (χ4n) is 2.00. The highest BCUT2D eigenvalue weighted by molar-refractivity contribution is 5.83. The van der Waals surface area contributed by atoms with Crippen LogP contribution in [0.5, 0.6) is 0 Å². The summed E-state index contributed by atoms with van der Waals surface area (Å²) >= 11 is 0. The normalized spacial score (nSPS) is 11.5. The quantitative estimate of drug-likeness (QED) is 0.759. The Hall–Kier alpha value is -1.31. The van der Waals surface area contributed by atoms with Gasteiger partial charge in [-0.05, 0) is 17.9 Å². The Morgan fingerprint density at radius 2 is 1.74 bits per heavy atom. The summed E-state index contributed by atoms with van der Waals surface area (Å²) in [6, 6.07) is 10.0. The van der Waals surface area contributed by atoms with Gasteiger partial charge in [0, 0.05) is 6.54 Å². The van der Waals surface area contributed by atoms with E-state index in [4.69, 9.17) is 0 Å². The van der Waals surface area contributed by atoms with Gasteiger partial charge in [0.15, 0.2) is 0 Å². The molecule has 0 bridgehead atoms. The summed E-state index contributed by atoms with van der Waals surface area (Å²) in [5.74, 6) is 0.437. The molecule has 1 rings (SSSR count). The highest BCUT2D eigenvalue weighted by atomic mass is 16.1. The van der Waals surface area contributed by atoms with Crippen LogP contribution in [0.2, 0.25) is 0 Å². The van der Waals surface area contributed by atoms with Gasteiger partial charge in [-0.25, -0.2) is 0 Å². The molecule has 1 amide bonds. The van der Waals surface area contributed by atoms with Gasteiger partial charge in [-0.2, -0.15) is 0 Å². The minimum Gasteiger partial charge on any atom is -0.356 e. The average Bonchev–Trinajstić information content (AvgIpc) is 2.42. The first-order valence-corrected chi connectivity index (χ1v) is 7.49. The van der Waals surface area contributed by atoms with E-state index in [1.54, 1.807) is 0 Å². The van der Waals surface area contributed by atoms with Crippen molar-refractivity contribution in [2.45, 2.75) is 53.4 Å². The first-order valence-electron chi connectivity index (χ1n) is 7.49. The van der Waals surface area contributed by atoms with Crippen LogP contribution in [0.1, 0.15) is 58.9 Å². The maximum Gasteiger partial charge on any atom is 0.227 e. The molecule has 0 aliphatic rings. The van der Waals surface area contributed by atoms with Crippen LogP contribution in [0.15, 0.2) is 30.3 Å². The van der Waals surface area contributed by atoms with Gasteiger partial charge in [-0.15, -0.1) is 0 Å². The predicted molar refractivity (Wildman–Crippen MR) is 83.3 cm³/mol. The number of amides is 1. The van der Waals surface area contributed by atoms with Crippen molar-refractivity contribution < 1.29 is 4.79 Å². The summed E-state index contributed by atoms with van der Waals surface area (Å²) in [6.07, 6.45) is 2.16. The molecule has 1 atom stereocenters. The van der Waals surface area contributed by atoms with E-state index in [-0.39, 0.29) is 11.8 Å². The molecule has 0 saturated heterocycles. The Bertz CT molecular complexity index is 332. The monoisotopic (exact) mass is 263 g/mol. The molecule has 0 fully saturated rings. The van der Waals surface area contributed by atoms with Crippen molar-refractivity contribution in [3.63, 3.8) is 0 Å². The molecule has 0 aromatic heterocycles. The second kappa shape index (κ2) is 10.6. The number of rotatable bonds is 6. The summed E-state index contributed by atoms with van der Waals surface area (Å²) in [6.45, 7) is 11.1. The van der Waals surface area contributed by atoms with E-state index in [2.05, 4.69) is 26.1 Å². The molecule has 0 spiro atoms. The Morgan fingerprint density at radius 1 is 1.16 bits per heavy atom. The maximum atomic E-state index is 12.1. The lowest BCUT2D eigenvalue weighted by Gasteiger charge is -2.20. The van der Waals surface area contributed by atoms with Gasteiger partial charge in [0.1, 0.15) is 0 Å². The highest BCUT2D eigenvalue weighted by Crippen LogP contribution is 2.24. The summed E-state index contributed by atoms with van der Waals surface area (Å²) in [5, 5.41) is 3.02. The van der Waals surface area contributed by atoms with Crippen molar-refractivity contribution in [2.75, 3.05) is 6.54 Å². The zero-order valence-electron chi connectivity index (χ0n) is 13.1. The molecule has 0 saturated carbocycles. The van der Waals surface area contributed by atoms with Crippen LogP contribution in [-0.2, 0) is 4.79 Å². The van der Waals surface area contributed by atoms with E-state index < -0.39 is 0 Å². The molecule has 2 nitrogen and oxygen atoms in total. The molecule has 1 aromatic carbocycles. The van der Waals surface area contributed by atoms with Gasteiger partial charge in [0.2, 0.25) is 5.91 Å². The van der Waals surface area contributed by atoms with E-state index in [0.29, 0.717) is 5.92 Å². The summed E-state index contributed by atoms with van der Waals surface area (Å²) in [5.41, 5.74) is 1.11. The number of hydrogen-bond donors (Lipinski definition) is 1. The molecule has 108 valence electrons. The van der Waals surface area contributed by atoms with E-state index >= 15 is 0 Å². The van der Waals surface area contributed by atoms with Crippen molar-refractivity contribution in [1.29, 1.82) is 0 Å². The first-order chi connectivity index (χ1) is 9.16. The Labute approximate surface area is 118 Å². The molecule has 1 N–H and O–H groups in total. The van der Waals surface area contributed by atoms with Gasteiger partial charge < -0.3 is 5.32 Å². The molecule has 1 aromatic rings. The number of carbonyl (C=O) groups is 1. The Balaban J connectivity index is 0.00000154. The van der Waals surface area contributed by atoms with Crippen molar-refractivity contribution in [3.05, 3.63) is 35.9 Å². The van der Waals surface area contributed by atoms with Crippen LogP contribution in [0.4, 0.5) is 0 Å². The number of benzene rings is 1. The van der Waals surface area contributed by atoms with Gasteiger partial charge in [0.25, 0.3) is 0 Å². The van der Waals surface area contributed by atoms with E-state index in [1.807, 2.05) is 44.2 Å². The molecule has 19 heavy (non-hydrogen) atoms. The minimum atomic E-state index is -0.0342.